The average Bonchev–Trinajstić information content (AvgIpc) is 2.94. The highest BCUT2D eigenvalue weighted by Gasteiger charge is 2.14. The van der Waals surface area contributed by atoms with Crippen molar-refractivity contribution < 1.29 is 9.47 Å². The van der Waals surface area contributed by atoms with Gasteiger partial charge in [0.15, 0.2) is 0 Å². The Bertz CT molecular complexity index is 344. The molecule has 0 saturated carbocycles. The highest BCUT2D eigenvalue weighted by molar-refractivity contribution is 5.27. The summed E-state index contributed by atoms with van der Waals surface area (Å²) in [6.45, 7) is 6.80. The third-order valence-corrected chi connectivity index (χ3v) is 3.48. The first-order valence-corrected chi connectivity index (χ1v) is 7.38. The summed E-state index contributed by atoms with van der Waals surface area (Å²) in [7, 11) is 0. The van der Waals surface area contributed by atoms with Crippen LogP contribution < -0.4 is 10.1 Å². The molecule has 1 aliphatic rings. The summed E-state index contributed by atoms with van der Waals surface area (Å²) in [6, 6.07) is 8.40. The second kappa shape index (κ2) is 8.18. The van der Waals surface area contributed by atoms with Crippen LogP contribution in [-0.4, -0.2) is 26.4 Å². The van der Waals surface area contributed by atoms with Gasteiger partial charge in [-0.05, 0) is 36.5 Å². The van der Waals surface area contributed by atoms with E-state index in [2.05, 4.69) is 36.5 Å². The predicted octanol–water partition coefficient (Wildman–Crippen LogP) is 2.99. The Balaban J connectivity index is 1.66. The summed E-state index contributed by atoms with van der Waals surface area (Å²) in [5, 5.41) is 3.49. The first-order chi connectivity index (χ1) is 9.38. The van der Waals surface area contributed by atoms with Gasteiger partial charge in [0.05, 0.1) is 13.2 Å². The van der Waals surface area contributed by atoms with Crippen molar-refractivity contribution in [2.24, 2.45) is 5.92 Å². The maximum Gasteiger partial charge on any atom is 0.119 e. The van der Waals surface area contributed by atoms with Crippen molar-refractivity contribution in [1.29, 1.82) is 0 Å². The molecule has 0 radical (unpaired) electrons. The van der Waals surface area contributed by atoms with Crippen molar-refractivity contribution in [3.63, 3.8) is 0 Å². The molecule has 19 heavy (non-hydrogen) atoms. The molecular formula is C16H25NO2. The summed E-state index contributed by atoms with van der Waals surface area (Å²) in [5.41, 5.74) is 1.31. The first kappa shape index (κ1) is 14.4. The van der Waals surface area contributed by atoms with Crippen LogP contribution in [-0.2, 0) is 11.3 Å². The van der Waals surface area contributed by atoms with E-state index < -0.39 is 0 Å². The average molecular weight is 263 g/mol. The number of ether oxygens (including phenoxy) is 2. The van der Waals surface area contributed by atoms with E-state index in [1.807, 2.05) is 0 Å². The molecule has 3 heteroatoms. The Morgan fingerprint density at radius 3 is 2.84 bits per heavy atom. The van der Waals surface area contributed by atoms with E-state index in [1.54, 1.807) is 0 Å². The zero-order chi connectivity index (χ0) is 13.3. The lowest BCUT2D eigenvalue weighted by atomic mass is 10.1. The summed E-state index contributed by atoms with van der Waals surface area (Å²) in [5.74, 6) is 1.66. The fourth-order valence-electron chi connectivity index (χ4n) is 2.20. The molecule has 1 saturated heterocycles. The monoisotopic (exact) mass is 263 g/mol. The lowest BCUT2D eigenvalue weighted by Crippen LogP contribution is -2.22. The van der Waals surface area contributed by atoms with Crippen LogP contribution in [0.2, 0.25) is 0 Å². The standard InChI is InChI=1S/C16H25NO2/c1-2-3-9-19-16-6-4-14(5-7-16)11-17-12-15-8-10-18-13-15/h4-7,15,17H,2-3,8-13H2,1H3. The Labute approximate surface area is 116 Å². The first-order valence-electron chi connectivity index (χ1n) is 7.38. The fourth-order valence-corrected chi connectivity index (χ4v) is 2.20. The molecule has 1 heterocycles. The third-order valence-electron chi connectivity index (χ3n) is 3.48. The molecular weight excluding hydrogens is 238 g/mol. The van der Waals surface area contributed by atoms with E-state index in [1.165, 1.54) is 18.4 Å². The van der Waals surface area contributed by atoms with Crippen LogP contribution in [0.15, 0.2) is 24.3 Å². The van der Waals surface area contributed by atoms with Gasteiger partial charge in [0.25, 0.3) is 0 Å². The lowest BCUT2D eigenvalue weighted by molar-refractivity contribution is 0.185. The minimum absolute atomic E-state index is 0.691. The van der Waals surface area contributed by atoms with E-state index in [9.17, 15) is 0 Å². The molecule has 0 amide bonds. The van der Waals surface area contributed by atoms with Gasteiger partial charge in [0.1, 0.15) is 5.75 Å². The highest BCUT2D eigenvalue weighted by atomic mass is 16.5. The van der Waals surface area contributed by atoms with Gasteiger partial charge >= 0.3 is 0 Å². The normalized spacial score (nSPS) is 18.7. The molecule has 1 fully saturated rings. The van der Waals surface area contributed by atoms with Gasteiger partial charge in [0.2, 0.25) is 0 Å². The maximum absolute atomic E-state index is 5.65. The Morgan fingerprint density at radius 2 is 2.16 bits per heavy atom. The molecule has 0 aromatic heterocycles. The van der Waals surface area contributed by atoms with Crippen LogP contribution in [0.5, 0.6) is 5.75 Å². The lowest BCUT2D eigenvalue weighted by Gasteiger charge is -2.10. The molecule has 1 aliphatic heterocycles. The quantitative estimate of drug-likeness (QED) is 0.731. The van der Waals surface area contributed by atoms with Gasteiger partial charge in [-0.2, -0.15) is 0 Å². The molecule has 0 aliphatic carbocycles. The third kappa shape index (κ3) is 5.21. The molecule has 3 nitrogen and oxygen atoms in total. The minimum atomic E-state index is 0.691. The van der Waals surface area contributed by atoms with Gasteiger partial charge in [-0.25, -0.2) is 0 Å². The van der Waals surface area contributed by atoms with Gasteiger partial charge in [-0.3, -0.25) is 0 Å². The Hall–Kier alpha value is -1.06. The van der Waals surface area contributed by atoms with E-state index in [0.29, 0.717) is 5.92 Å². The summed E-state index contributed by atoms with van der Waals surface area (Å²) >= 11 is 0. The number of hydrogen-bond acceptors (Lipinski definition) is 3. The summed E-state index contributed by atoms with van der Waals surface area (Å²) in [6.07, 6.45) is 3.48. The van der Waals surface area contributed by atoms with Crippen LogP contribution in [0.4, 0.5) is 0 Å². The minimum Gasteiger partial charge on any atom is -0.494 e. The number of hydrogen-bond donors (Lipinski definition) is 1. The number of benzene rings is 1. The fraction of sp³-hybridized carbons (Fsp3) is 0.625. The van der Waals surface area contributed by atoms with Crippen LogP contribution in [0.25, 0.3) is 0 Å². The largest absolute Gasteiger partial charge is 0.494 e. The van der Waals surface area contributed by atoms with Crippen molar-refractivity contribution in [2.75, 3.05) is 26.4 Å². The van der Waals surface area contributed by atoms with Crippen molar-refractivity contribution in [3.8, 4) is 5.75 Å². The van der Waals surface area contributed by atoms with E-state index in [-0.39, 0.29) is 0 Å². The van der Waals surface area contributed by atoms with E-state index in [0.717, 1.165) is 45.1 Å². The summed E-state index contributed by atoms with van der Waals surface area (Å²) < 4.78 is 11.0. The number of nitrogens with one attached hydrogen (secondary N) is 1. The molecule has 1 N–H and O–H groups in total. The molecule has 1 unspecified atom stereocenters. The topological polar surface area (TPSA) is 30.5 Å². The second-order valence-corrected chi connectivity index (χ2v) is 5.21. The van der Waals surface area contributed by atoms with Gasteiger partial charge in [0, 0.05) is 19.7 Å². The van der Waals surface area contributed by atoms with Crippen molar-refractivity contribution >= 4 is 0 Å². The molecule has 1 atom stereocenters. The summed E-state index contributed by atoms with van der Waals surface area (Å²) in [4.78, 5) is 0. The highest BCUT2D eigenvalue weighted by Crippen LogP contribution is 2.14. The zero-order valence-electron chi connectivity index (χ0n) is 11.9. The van der Waals surface area contributed by atoms with Crippen molar-refractivity contribution in [2.45, 2.75) is 32.7 Å². The molecule has 1 aromatic rings. The Morgan fingerprint density at radius 1 is 1.32 bits per heavy atom. The Kier molecular flexibility index (Phi) is 6.18. The zero-order valence-corrected chi connectivity index (χ0v) is 11.9. The number of rotatable bonds is 8. The van der Waals surface area contributed by atoms with Crippen LogP contribution in [0, 0.1) is 5.92 Å². The van der Waals surface area contributed by atoms with E-state index in [4.69, 9.17) is 9.47 Å². The molecule has 1 aromatic carbocycles. The second-order valence-electron chi connectivity index (χ2n) is 5.21. The molecule has 2 rings (SSSR count). The SMILES string of the molecule is CCCCOc1ccc(CNCC2CCOC2)cc1. The maximum atomic E-state index is 5.65. The molecule has 0 spiro atoms. The van der Waals surface area contributed by atoms with Gasteiger partial charge < -0.3 is 14.8 Å². The van der Waals surface area contributed by atoms with Crippen molar-refractivity contribution in [1.82, 2.24) is 5.32 Å². The predicted molar refractivity (Wildman–Crippen MR) is 77.5 cm³/mol. The van der Waals surface area contributed by atoms with Gasteiger partial charge in [-0.15, -0.1) is 0 Å². The van der Waals surface area contributed by atoms with Crippen LogP contribution in [0.1, 0.15) is 31.7 Å². The molecule has 106 valence electrons. The van der Waals surface area contributed by atoms with Gasteiger partial charge in [-0.1, -0.05) is 25.5 Å². The van der Waals surface area contributed by atoms with Crippen LogP contribution >= 0.6 is 0 Å². The smallest absolute Gasteiger partial charge is 0.119 e. The molecule has 0 bridgehead atoms. The van der Waals surface area contributed by atoms with Crippen molar-refractivity contribution in [3.05, 3.63) is 29.8 Å². The number of unbranched alkanes of at least 4 members (excludes halogenated alkanes) is 1. The van der Waals surface area contributed by atoms with E-state index >= 15 is 0 Å². The van der Waals surface area contributed by atoms with Crippen LogP contribution in [0.3, 0.4) is 0 Å².